The molecule has 2 aromatic rings. The Morgan fingerprint density at radius 3 is 2.48 bits per heavy atom. The summed E-state index contributed by atoms with van der Waals surface area (Å²) < 4.78 is 51.2. The van der Waals surface area contributed by atoms with Crippen LogP contribution >= 0.6 is 15.9 Å². The number of carbonyl (C=O) groups is 1. The molecule has 9 heteroatoms. The van der Waals surface area contributed by atoms with Crippen LogP contribution in [-0.4, -0.2) is 31.0 Å². The van der Waals surface area contributed by atoms with Gasteiger partial charge in [0.15, 0.2) is 0 Å². The van der Waals surface area contributed by atoms with Crippen LogP contribution in [0.4, 0.5) is 13.2 Å². The van der Waals surface area contributed by atoms with Gasteiger partial charge in [-0.25, -0.2) is 9.78 Å². The van der Waals surface area contributed by atoms with Crippen molar-refractivity contribution >= 4 is 21.9 Å². The minimum Gasteiger partial charge on any atom is -0.496 e. The van der Waals surface area contributed by atoms with Crippen molar-refractivity contribution in [3.8, 4) is 22.8 Å². The number of esters is 1. The number of halogens is 4. The van der Waals surface area contributed by atoms with Crippen molar-refractivity contribution in [1.82, 2.24) is 4.98 Å². The van der Waals surface area contributed by atoms with Crippen LogP contribution in [-0.2, 0) is 10.1 Å². The molecule has 0 fully saturated rings. The molecule has 0 unspecified atom stereocenters. The van der Waals surface area contributed by atoms with Crippen LogP contribution in [0, 0.1) is 6.92 Å². The van der Waals surface area contributed by atoms with Crippen molar-refractivity contribution < 1.29 is 32.2 Å². The standard InChI is InChI=1S/C18H17BrF3NO4/c1-4-26-17(24)15-12(8-19)7-13(10(2)16(15)25-3)11-5-6-14(23-9-11)27-18(20,21)22/h5-7,9H,4,8H2,1-3H3. The summed E-state index contributed by atoms with van der Waals surface area (Å²) in [5, 5.41) is 0.355. The van der Waals surface area contributed by atoms with E-state index in [1.807, 2.05) is 0 Å². The molecule has 1 aromatic carbocycles. The molecule has 0 spiro atoms. The lowest BCUT2D eigenvalue weighted by Crippen LogP contribution is -2.17. The molecule has 146 valence electrons. The number of aromatic nitrogens is 1. The molecule has 0 aliphatic rings. The fourth-order valence-corrected chi connectivity index (χ4v) is 3.06. The van der Waals surface area contributed by atoms with Gasteiger partial charge >= 0.3 is 12.3 Å². The fraction of sp³-hybridized carbons (Fsp3) is 0.333. The summed E-state index contributed by atoms with van der Waals surface area (Å²) in [6, 6.07) is 4.33. The number of nitrogens with zero attached hydrogens (tertiary/aromatic N) is 1. The van der Waals surface area contributed by atoms with E-state index in [0.29, 0.717) is 38.9 Å². The van der Waals surface area contributed by atoms with Gasteiger partial charge in [-0.05, 0) is 42.7 Å². The van der Waals surface area contributed by atoms with E-state index in [-0.39, 0.29) is 6.61 Å². The van der Waals surface area contributed by atoms with Crippen molar-refractivity contribution in [2.24, 2.45) is 0 Å². The highest BCUT2D eigenvalue weighted by atomic mass is 79.9. The number of ether oxygens (including phenoxy) is 3. The average molecular weight is 448 g/mol. The molecule has 0 amide bonds. The van der Waals surface area contributed by atoms with Crippen molar-refractivity contribution in [1.29, 1.82) is 0 Å². The van der Waals surface area contributed by atoms with Gasteiger partial charge in [0.1, 0.15) is 11.3 Å². The van der Waals surface area contributed by atoms with Crippen LogP contribution in [0.5, 0.6) is 11.6 Å². The largest absolute Gasteiger partial charge is 0.574 e. The van der Waals surface area contributed by atoms with E-state index in [0.717, 1.165) is 6.07 Å². The van der Waals surface area contributed by atoms with Crippen LogP contribution in [0.25, 0.3) is 11.1 Å². The lowest BCUT2D eigenvalue weighted by Gasteiger charge is -2.18. The van der Waals surface area contributed by atoms with E-state index in [4.69, 9.17) is 9.47 Å². The van der Waals surface area contributed by atoms with Gasteiger partial charge in [-0.3, -0.25) is 0 Å². The van der Waals surface area contributed by atoms with Gasteiger partial charge < -0.3 is 14.2 Å². The van der Waals surface area contributed by atoms with Crippen molar-refractivity contribution in [2.75, 3.05) is 13.7 Å². The first-order chi connectivity index (χ1) is 12.7. The van der Waals surface area contributed by atoms with E-state index in [2.05, 4.69) is 25.7 Å². The number of alkyl halides is 4. The number of pyridine rings is 1. The van der Waals surface area contributed by atoms with Gasteiger partial charge in [-0.15, -0.1) is 13.2 Å². The van der Waals surface area contributed by atoms with Gasteiger partial charge in [-0.2, -0.15) is 0 Å². The van der Waals surface area contributed by atoms with Crippen LogP contribution < -0.4 is 9.47 Å². The Kier molecular flexibility index (Phi) is 6.69. The number of benzene rings is 1. The van der Waals surface area contributed by atoms with E-state index >= 15 is 0 Å². The molecule has 0 N–H and O–H groups in total. The number of methoxy groups -OCH3 is 1. The molecular formula is C18H17BrF3NO4. The zero-order chi connectivity index (χ0) is 20.2. The summed E-state index contributed by atoms with van der Waals surface area (Å²) in [6.45, 7) is 3.67. The van der Waals surface area contributed by atoms with Crippen LogP contribution in [0.15, 0.2) is 24.4 Å². The van der Waals surface area contributed by atoms with Gasteiger partial charge in [0.25, 0.3) is 0 Å². The Hall–Kier alpha value is -2.29. The molecule has 0 bridgehead atoms. The van der Waals surface area contributed by atoms with Crippen LogP contribution in [0.1, 0.15) is 28.4 Å². The summed E-state index contributed by atoms with van der Waals surface area (Å²) in [5.41, 5.74) is 2.79. The number of carbonyl (C=O) groups excluding carboxylic acids is 1. The van der Waals surface area contributed by atoms with Crippen molar-refractivity contribution in [3.63, 3.8) is 0 Å². The zero-order valence-corrected chi connectivity index (χ0v) is 16.4. The highest BCUT2D eigenvalue weighted by Crippen LogP contribution is 2.37. The molecule has 0 saturated carbocycles. The smallest absolute Gasteiger partial charge is 0.496 e. The topological polar surface area (TPSA) is 57.7 Å². The van der Waals surface area contributed by atoms with E-state index in [9.17, 15) is 18.0 Å². The Labute approximate surface area is 162 Å². The second kappa shape index (κ2) is 8.60. The fourth-order valence-electron chi connectivity index (χ4n) is 2.62. The molecule has 27 heavy (non-hydrogen) atoms. The van der Waals surface area contributed by atoms with E-state index in [1.54, 1.807) is 19.9 Å². The zero-order valence-electron chi connectivity index (χ0n) is 14.8. The van der Waals surface area contributed by atoms with Gasteiger partial charge in [0, 0.05) is 23.2 Å². The summed E-state index contributed by atoms with van der Waals surface area (Å²) in [5.74, 6) is -0.721. The Balaban J connectivity index is 2.53. The maximum absolute atomic E-state index is 12.3. The van der Waals surface area contributed by atoms with E-state index < -0.39 is 18.2 Å². The summed E-state index contributed by atoms with van der Waals surface area (Å²) in [4.78, 5) is 16.0. The summed E-state index contributed by atoms with van der Waals surface area (Å²) >= 11 is 3.34. The first-order valence-electron chi connectivity index (χ1n) is 7.87. The normalized spacial score (nSPS) is 11.2. The highest BCUT2D eigenvalue weighted by Gasteiger charge is 2.31. The van der Waals surface area contributed by atoms with Crippen molar-refractivity contribution in [3.05, 3.63) is 41.1 Å². The van der Waals surface area contributed by atoms with Crippen molar-refractivity contribution in [2.45, 2.75) is 25.5 Å². The molecule has 0 radical (unpaired) electrons. The minimum atomic E-state index is -4.81. The predicted molar refractivity (Wildman–Crippen MR) is 96.2 cm³/mol. The number of hydrogen-bond donors (Lipinski definition) is 0. The highest BCUT2D eigenvalue weighted by molar-refractivity contribution is 9.08. The van der Waals surface area contributed by atoms with Gasteiger partial charge in [0.05, 0.1) is 13.7 Å². The molecule has 0 aliphatic heterocycles. The minimum absolute atomic E-state index is 0.217. The lowest BCUT2D eigenvalue weighted by molar-refractivity contribution is -0.276. The summed E-state index contributed by atoms with van der Waals surface area (Å²) in [7, 11) is 1.44. The second-order valence-electron chi connectivity index (χ2n) is 5.40. The second-order valence-corrected chi connectivity index (χ2v) is 5.96. The SMILES string of the molecule is CCOC(=O)c1c(CBr)cc(-c2ccc(OC(F)(F)F)nc2)c(C)c1OC. The Morgan fingerprint density at radius 1 is 1.30 bits per heavy atom. The molecule has 2 rings (SSSR count). The molecule has 0 aliphatic carbocycles. The van der Waals surface area contributed by atoms with Crippen LogP contribution in [0.2, 0.25) is 0 Å². The predicted octanol–water partition coefficient (Wildman–Crippen LogP) is 5.04. The molecule has 1 aromatic heterocycles. The molecule has 1 heterocycles. The lowest BCUT2D eigenvalue weighted by atomic mass is 9.94. The van der Waals surface area contributed by atoms with Gasteiger partial charge in [-0.1, -0.05) is 15.9 Å². The molecule has 5 nitrogen and oxygen atoms in total. The quantitative estimate of drug-likeness (QED) is 0.458. The number of hydrogen-bond acceptors (Lipinski definition) is 5. The maximum atomic E-state index is 12.3. The Bertz CT molecular complexity index is 823. The number of rotatable bonds is 6. The third-order valence-electron chi connectivity index (χ3n) is 3.71. The third-order valence-corrected chi connectivity index (χ3v) is 4.31. The van der Waals surface area contributed by atoms with Crippen LogP contribution in [0.3, 0.4) is 0 Å². The molecular weight excluding hydrogens is 431 g/mol. The van der Waals surface area contributed by atoms with E-state index in [1.165, 1.54) is 19.4 Å². The maximum Gasteiger partial charge on any atom is 0.574 e. The molecule has 0 saturated heterocycles. The molecule has 0 atom stereocenters. The third kappa shape index (κ3) is 4.91. The first-order valence-corrected chi connectivity index (χ1v) is 8.99. The Morgan fingerprint density at radius 2 is 2.00 bits per heavy atom. The first kappa shape index (κ1) is 21.0. The average Bonchev–Trinajstić information content (AvgIpc) is 2.61. The van der Waals surface area contributed by atoms with Gasteiger partial charge in [0.2, 0.25) is 5.88 Å². The monoisotopic (exact) mass is 447 g/mol. The summed E-state index contributed by atoms with van der Waals surface area (Å²) in [6.07, 6.45) is -3.54.